The van der Waals surface area contributed by atoms with E-state index in [-0.39, 0.29) is 0 Å². The third-order valence-corrected chi connectivity index (χ3v) is 3.31. The first-order valence-electron chi connectivity index (χ1n) is 5.16. The molecule has 2 N–H and O–H groups in total. The Morgan fingerprint density at radius 3 is 2.50 bits per heavy atom. The van der Waals surface area contributed by atoms with Crippen LogP contribution in [0.1, 0.15) is 17.0 Å². The van der Waals surface area contributed by atoms with Crippen LogP contribution in [0.2, 0.25) is 0 Å². The van der Waals surface area contributed by atoms with Gasteiger partial charge in [0, 0.05) is 27.1 Å². The molecule has 0 radical (unpaired) electrons. The molecule has 16 heavy (non-hydrogen) atoms. The average molecular weight is 327 g/mol. The minimum Gasteiger partial charge on any atom is -0.381 e. The number of aromatic amines is 1. The predicted octanol–water partition coefficient (Wildman–Crippen LogP) is 3.24. The Morgan fingerprint density at radius 2 is 1.94 bits per heavy atom. The predicted molar refractivity (Wildman–Crippen MR) is 74.5 cm³/mol. The van der Waals surface area contributed by atoms with E-state index in [1.165, 1.54) is 9.13 Å². The van der Waals surface area contributed by atoms with Crippen molar-refractivity contribution in [3.05, 3.63) is 44.8 Å². The number of benzene rings is 1. The van der Waals surface area contributed by atoms with Crippen molar-refractivity contribution in [1.82, 2.24) is 10.2 Å². The summed E-state index contributed by atoms with van der Waals surface area (Å²) < 4.78 is 1.25. The van der Waals surface area contributed by atoms with Crippen LogP contribution in [0, 0.1) is 17.4 Å². The molecule has 4 heteroatoms. The Bertz CT molecular complexity index is 454. The van der Waals surface area contributed by atoms with Crippen molar-refractivity contribution in [2.45, 2.75) is 20.4 Å². The van der Waals surface area contributed by atoms with Gasteiger partial charge in [-0.2, -0.15) is 5.10 Å². The Morgan fingerprint density at radius 1 is 1.25 bits per heavy atom. The highest BCUT2D eigenvalue weighted by atomic mass is 127. The lowest BCUT2D eigenvalue weighted by Crippen LogP contribution is -2.01. The van der Waals surface area contributed by atoms with E-state index in [0.29, 0.717) is 0 Å². The fraction of sp³-hybridized carbons (Fsp3) is 0.250. The second-order valence-electron chi connectivity index (χ2n) is 3.77. The fourth-order valence-corrected chi connectivity index (χ4v) is 1.95. The van der Waals surface area contributed by atoms with Crippen molar-refractivity contribution < 1.29 is 0 Å². The number of hydrogen-bond donors (Lipinski definition) is 2. The van der Waals surface area contributed by atoms with Crippen molar-refractivity contribution >= 4 is 28.3 Å². The largest absolute Gasteiger partial charge is 0.381 e. The van der Waals surface area contributed by atoms with Gasteiger partial charge in [0.15, 0.2) is 0 Å². The smallest absolute Gasteiger partial charge is 0.0643 e. The molecule has 0 saturated heterocycles. The number of halogens is 1. The zero-order valence-corrected chi connectivity index (χ0v) is 11.5. The van der Waals surface area contributed by atoms with E-state index in [0.717, 1.165) is 23.6 Å². The molecular formula is C12H14IN3. The van der Waals surface area contributed by atoms with Crippen molar-refractivity contribution in [3.8, 4) is 0 Å². The van der Waals surface area contributed by atoms with Crippen molar-refractivity contribution in [2.75, 3.05) is 5.32 Å². The van der Waals surface area contributed by atoms with E-state index in [2.05, 4.69) is 62.4 Å². The second-order valence-corrected chi connectivity index (χ2v) is 5.02. The molecule has 0 fully saturated rings. The minimum absolute atomic E-state index is 0.814. The zero-order valence-electron chi connectivity index (χ0n) is 9.34. The number of H-pyrrole nitrogens is 1. The molecule has 2 rings (SSSR count). The molecule has 0 aliphatic carbocycles. The van der Waals surface area contributed by atoms with E-state index < -0.39 is 0 Å². The number of anilines is 1. The first-order valence-corrected chi connectivity index (χ1v) is 6.24. The number of aryl methyl sites for hydroxylation is 2. The van der Waals surface area contributed by atoms with Crippen LogP contribution in [0.15, 0.2) is 24.3 Å². The van der Waals surface area contributed by atoms with E-state index in [1.54, 1.807) is 0 Å². The SMILES string of the molecule is Cc1n[nH]c(C)c1CNc1ccc(I)cc1. The van der Waals surface area contributed by atoms with Crippen LogP contribution in [0.4, 0.5) is 5.69 Å². The highest BCUT2D eigenvalue weighted by Crippen LogP contribution is 2.14. The Labute approximate surface area is 109 Å². The van der Waals surface area contributed by atoms with Crippen LogP contribution < -0.4 is 5.32 Å². The minimum atomic E-state index is 0.814. The summed E-state index contributed by atoms with van der Waals surface area (Å²) in [6.45, 7) is 4.88. The summed E-state index contributed by atoms with van der Waals surface area (Å²) in [4.78, 5) is 0. The molecule has 0 spiro atoms. The molecule has 1 aromatic heterocycles. The van der Waals surface area contributed by atoms with Gasteiger partial charge in [-0.15, -0.1) is 0 Å². The Kier molecular flexibility index (Phi) is 3.48. The van der Waals surface area contributed by atoms with Gasteiger partial charge in [0.1, 0.15) is 0 Å². The Balaban J connectivity index is 2.05. The van der Waals surface area contributed by atoms with E-state index >= 15 is 0 Å². The summed E-state index contributed by atoms with van der Waals surface area (Å²) in [7, 11) is 0. The number of nitrogens with one attached hydrogen (secondary N) is 2. The average Bonchev–Trinajstić information content (AvgIpc) is 2.59. The molecule has 0 unspecified atom stereocenters. The molecule has 84 valence electrons. The summed E-state index contributed by atoms with van der Waals surface area (Å²) in [5, 5.41) is 10.6. The van der Waals surface area contributed by atoms with Gasteiger partial charge in [-0.3, -0.25) is 5.10 Å². The van der Waals surface area contributed by atoms with Crippen LogP contribution in [0.25, 0.3) is 0 Å². The molecule has 0 aliphatic heterocycles. The summed E-state index contributed by atoms with van der Waals surface area (Å²) in [6.07, 6.45) is 0. The molecule has 0 atom stereocenters. The maximum atomic E-state index is 4.18. The molecular weight excluding hydrogens is 313 g/mol. The number of hydrogen-bond acceptors (Lipinski definition) is 2. The molecule has 3 nitrogen and oxygen atoms in total. The molecule has 0 amide bonds. The van der Waals surface area contributed by atoms with Gasteiger partial charge in [-0.1, -0.05) is 0 Å². The van der Waals surface area contributed by atoms with Gasteiger partial charge < -0.3 is 5.32 Å². The lowest BCUT2D eigenvalue weighted by molar-refractivity contribution is 1.02. The molecule has 1 heterocycles. The molecule has 0 bridgehead atoms. The van der Waals surface area contributed by atoms with Gasteiger partial charge >= 0.3 is 0 Å². The summed E-state index contributed by atoms with van der Waals surface area (Å²) in [5.74, 6) is 0. The third kappa shape index (κ3) is 2.55. The lowest BCUT2D eigenvalue weighted by atomic mass is 10.2. The Hall–Kier alpha value is -1.04. The first kappa shape index (κ1) is 11.4. The maximum Gasteiger partial charge on any atom is 0.0643 e. The monoisotopic (exact) mass is 327 g/mol. The number of rotatable bonds is 3. The maximum absolute atomic E-state index is 4.18. The first-order chi connectivity index (χ1) is 7.66. The zero-order chi connectivity index (χ0) is 11.5. The van der Waals surface area contributed by atoms with Crippen LogP contribution >= 0.6 is 22.6 Å². The quantitative estimate of drug-likeness (QED) is 0.850. The molecule has 2 aromatic rings. The van der Waals surface area contributed by atoms with Crippen LogP contribution in [0.5, 0.6) is 0 Å². The molecule has 0 aliphatic rings. The van der Waals surface area contributed by atoms with Crippen molar-refractivity contribution in [3.63, 3.8) is 0 Å². The van der Waals surface area contributed by atoms with Gasteiger partial charge in [0.05, 0.1) is 5.69 Å². The topological polar surface area (TPSA) is 40.7 Å². The molecule has 1 aromatic carbocycles. The van der Waals surface area contributed by atoms with Crippen LogP contribution in [0.3, 0.4) is 0 Å². The van der Waals surface area contributed by atoms with Gasteiger partial charge in [0.25, 0.3) is 0 Å². The van der Waals surface area contributed by atoms with Crippen LogP contribution in [-0.4, -0.2) is 10.2 Å². The van der Waals surface area contributed by atoms with Crippen molar-refractivity contribution in [2.24, 2.45) is 0 Å². The lowest BCUT2D eigenvalue weighted by Gasteiger charge is -2.06. The van der Waals surface area contributed by atoms with E-state index in [4.69, 9.17) is 0 Å². The highest BCUT2D eigenvalue weighted by molar-refractivity contribution is 14.1. The highest BCUT2D eigenvalue weighted by Gasteiger charge is 2.05. The van der Waals surface area contributed by atoms with Gasteiger partial charge in [0.2, 0.25) is 0 Å². The summed E-state index contributed by atoms with van der Waals surface area (Å²) >= 11 is 2.30. The molecule has 0 saturated carbocycles. The van der Waals surface area contributed by atoms with E-state index in [1.807, 2.05) is 13.8 Å². The van der Waals surface area contributed by atoms with Crippen LogP contribution in [-0.2, 0) is 6.54 Å². The second kappa shape index (κ2) is 4.86. The standard InChI is InChI=1S/C12H14IN3/c1-8-12(9(2)16-15-8)7-14-11-5-3-10(13)4-6-11/h3-6,14H,7H2,1-2H3,(H,15,16). The normalized spacial score (nSPS) is 10.4. The number of aromatic nitrogens is 2. The van der Waals surface area contributed by atoms with Gasteiger partial charge in [-0.25, -0.2) is 0 Å². The van der Waals surface area contributed by atoms with Gasteiger partial charge in [-0.05, 0) is 60.7 Å². The summed E-state index contributed by atoms with van der Waals surface area (Å²) in [5.41, 5.74) is 4.59. The summed E-state index contributed by atoms with van der Waals surface area (Å²) in [6, 6.07) is 8.37. The van der Waals surface area contributed by atoms with Crippen molar-refractivity contribution in [1.29, 1.82) is 0 Å². The third-order valence-electron chi connectivity index (χ3n) is 2.59. The van der Waals surface area contributed by atoms with E-state index in [9.17, 15) is 0 Å². The fourth-order valence-electron chi connectivity index (χ4n) is 1.59. The number of nitrogens with zero attached hydrogens (tertiary/aromatic N) is 1.